The van der Waals surface area contributed by atoms with Gasteiger partial charge in [-0.15, -0.1) is 0 Å². The summed E-state index contributed by atoms with van der Waals surface area (Å²) in [5.41, 5.74) is -0.896. The summed E-state index contributed by atoms with van der Waals surface area (Å²) in [6, 6.07) is 5.68. The van der Waals surface area contributed by atoms with Crippen molar-refractivity contribution in [2.45, 2.75) is 37.9 Å². The molecule has 1 aromatic heterocycles. The quantitative estimate of drug-likeness (QED) is 0.334. The molecule has 6 N–H and O–H groups in total. The molecule has 0 amide bonds. The van der Waals surface area contributed by atoms with E-state index in [-0.39, 0.29) is 34.5 Å². The Morgan fingerprint density at radius 2 is 1.74 bits per heavy atom. The van der Waals surface area contributed by atoms with Crippen LogP contribution in [0.3, 0.4) is 0 Å². The van der Waals surface area contributed by atoms with Gasteiger partial charge in [0.1, 0.15) is 28.6 Å². The number of phenolic OH excluding ortho intramolecular Hbond substituents is 4. The molecular weight excluding hydrogens is 412 g/mol. The lowest BCUT2D eigenvalue weighted by Crippen LogP contribution is -2.50. The Balaban J connectivity index is 1.94. The summed E-state index contributed by atoms with van der Waals surface area (Å²) >= 11 is 0. The fourth-order valence-corrected chi connectivity index (χ4v) is 3.47. The molecule has 4 rings (SSSR count). The third-order valence-corrected chi connectivity index (χ3v) is 5.00. The Morgan fingerprint density at radius 3 is 2.45 bits per heavy atom. The maximum Gasteiger partial charge on any atom is 0.239 e. The molecule has 1 aliphatic rings. The van der Waals surface area contributed by atoms with Gasteiger partial charge in [-0.3, -0.25) is 4.79 Å². The molecule has 1 fully saturated rings. The van der Waals surface area contributed by atoms with Gasteiger partial charge < -0.3 is 44.5 Å². The summed E-state index contributed by atoms with van der Waals surface area (Å²) in [6.45, 7) is 1.65. The molecule has 0 saturated carbocycles. The first-order chi connectivity index (χ1) is 14.7. The fraction of sp³-hybridized carbons (Fsp3) is 0.286. The van der Waals surface area contributed by atoms with Crippen LogP contribution in [0.2, 0.25) is 0 Å². The fourth-order valence-electron chi connectivity index (χ4n) is 3.47. The monoisotopic (exact) mass is 432 g/mol. The average Bonchev–Trinajstić information content (AvgIpc) is 2.69. The van der Waals surface area contributed by atoms with Gasteiger partial charge >= 0.3 is 0 Å². The average molecular weight is 432 g/mol. The number of hydrogen-bond acceptors (Lipinski definition) is 10. The Kier molecular flexibility index (Phi) is 5.13. The molecule has 1 saturated heterocycles. The van der Waals surface area contributed by atoms with E-state index < -0.39 is 53.0 Å². The molecular formula is C21H20O10. The largest absolute Gasteiger partial charge is 0.508 e. The number of fused-ring (bicyclic) bond motifs is 1. The molecule has 10 heteroatoms. The second-order valence-corrected chi connectivity index (χ2v) is 7.36. The van der Waals surface area contributed by atoms with E-state index in [2.05, 4.69) is 0 Å². The summed E-state index contributed by atoms with van der Waals surface area (Å²) < 4.78 is 16.9. The van der Waals surface area contributed by atoms with E-state index in [9.17, 15) is 35.4 Å². The molecule has 0 spiro atoms. The van der Waals surface area contributed by atoms with Gasteiger partial charge in [0.25, 0.3) is 0 Å². The van der Waals surface area contributed by atoms with Crippen molar-refractivity contribution >= 4 is 11.0 Å². The Bertz CT molecular complexity index is 1200. The van der Waals surface area contributed by atoms with Gasteiger partial charge in [-0.25, -0.2) is 0 Å². The highest BCUT2D eigenvalue weighted by atomic mass is 16.7. The lowest BCUT2D eigenvalue weighted by atomic mass is 10.0. The second-order valence-electron chi connectivity index (χ2n) is 7.36. The van der Waals surface area contributed by atoms with Gasteiger partial charge in [0.05, 0.1) is 12.2 Å². The van der Waals surface area contributed by atoms with E-state index >= 15 is 0 Å². The number of rotatable bonds is 3. The maximum absolute atomic E-state index is 13.2. The van der Waals surface area contributed by atoms with E-state index in [0.29, 0.717) is 0 Å². The predicted molar refractivity (Wildman–Crippen MR) is 106 cm³/mol. The van der Waals surface area contributed by atoms with E-state index in [0.717, 1.165) is 24.3 Å². The van der Waals surface area contributed by atoms with Gasteiger partial charge in [-0.05, 0) is 25.1 Å². The van der Waals surface area contributed by atoms with Crippen molar-refractivity contribution in [2.24, 2.45) is 0 Å². The Morgan fingerprint density at radius 1 is 1.00 bits per heavy atom. The third kappa shape index (κ3) is 3.72. The minimum atomic E-state index is -1.47. The molecule has 0 bridgehead atoms. The summed E-state index contributed by atoms with van der Waals surface area (Å²) in [7, 11) is 0. The van der Waals surface area contributed by atoms with Crippen molar-refractivity contribution in [1.82, 2.24) is 0 Å². The molecule has 1 aliphatic heterocycles. The summed E-state index contributed by atoms with van der Waals surface area (Å²) in [5.74, 6) is -2.52. The predicted octanol–water partition coefficient (Wildman–Crippen LogP) is 1.52. The first kappa shape index (κ1) is 20.8. The van der Waals surface area contributed by atoms with E-state index in [1.165, 1.54) is 6.07 Å². The van der Waals surface area contributed by atoms with E-state index in [1.807, 2.05) is 0 Å². The second kappa shape index (κ2) is 7.65. The number of phenols is 4. The molecule has 4 atom stereocenters. The number of hydrogen-bond donors (Lipinski definition) is 6. The third-order valence-electron chi connectivity index (χ3n) is 5.00. The van der Waals surface area contributed by atoms with Gasteiger partial charge in [-0.1, -0.05) is 0 Å². The topological polar surface area (TPSA) is 170 Å². The lowest BCUT2D eigenvalue weighted by molar-refractivity contribution is -0.231. The van der Waals surface area contributed by atoms with Crippen LogP contribution in [0.25, 0.3) is 22.3 Å². The zero-order valence-corrected chi connectivity index (χ0v) is 16.2. The van der Waals surface area contributed by atoms with Crippen molar-refractivity contribution in [3.63, 3.8) is 0 Å². The van der Waals surface area contributed by atoms with Crippen LogP contribution in [0.5, 0.6) is 28.7 Å². The number of aromatic hydroxyl groups is 4. The number of benzene rings is 2. The van der Waals surface area contributed by atoms with Crippen LogP contribution in [0.1, 0.15) is 13.3 Å². The molecule has 10 nitrogen and oxygen atoms in total. The first-order valence-corrected chi connectivity index (χ1v) is 9.39. The molecule has 0 radical (unpaired) electrons. The smallest absolute Gasteiger partial charge is 0.239 e. The summed E-state index contributed by atoms with van der Waals surface area (Å²) in [4.78, 5) is 13.2. The molecule has 0 aliphatic carbocycles. The number of ether oxygens (including phenoxy) is 2. The number of aliphatic hydroxyl groups excluding tert-OH is 2. The molecule has 3 aromatic rings. The van der Waals surface area contributed by atoms with E-state index in [1.54, 1.807) is 6.92 Å². The number of aliphatic hydroxyl groups is 2. The highest BCUT2D eigenvalue weighted by Gasteiger charge is 2.38. The van der Waals surface area contributed by atoms with Crippen LogP contribution in [-0.2, 0) is 4.74 Å². The summed E-state index contributed by atoms with van der Waals surface area (Å²) in [6.07, 6.45) is -4.38. The Labute approximate surface area is 174 Å². The van der Waals surface area contributed by atoms with Crippen molar-refractivity contribution in [3.05, 3.63) is 40.6 Å². The van der Waals surface area contributed by atoms with Crippen LogP contribution in [0, 0.1) is 0 Å². The molecule has 31 heavy (non-hydrogen) atoms. The zero-order chi connectivity index (χ0) is 22.4. The van der Waals surface area contributed by atoms with Crippen LogP contribution >= 0.6 is 0 Å². The standard InChI is InChI=1S/C21H20O10/c1-8-4-14(26)17(27)21(29-8)31-20-18(28)16-13(25)6-10(22)7-15(16)30-19(20)9-2-3-11(23)12(24)5-9/h2-3,5-8,14,17,21-27H,4H2,1H3. The normalized spacial score (nSPS) is 23.7. The maximum atomic E-state index is 13.2. The molecule has 2 aromatic carbocycles. The Hall–Kier alpha value is -3.47. The minimum Gasteiger partial charge on any atom is -0.508 e. The van der Waals surface area contributed by atoms with Crippen molar-refractivity contribution in [1.29, 1.82) is 0 Å². The van der Waals surface area contributed by atoms with E-state index in [4.69, 9.17) is 13.9 Å². The van der Waals surface area contributed by atoms with Gasteiger partial charge in [0.15, 0.2) is 17.3 Å². The van der Waals surface area contributed by atoms with Gasteiger partial charge in [-0.2, -0.15) is 0 Å². The summed E-state index contributed by atoms with van der Waals surface area (Å²) in [5, 5.41) is 59.4. The van der Waals surface area contributed by atoms with Gasteiger partial charge in [0, 0.05) is 24.1 Å². The molecule has 2 heterocycles. The van der Waals surface area contributed by atoms with Crippen molar-refractivity contribution in [2.75, 3.05) is 0 Å². The van der Waals surface area contributed by atoms with Crippen molar-refractivity contribution < 1.29 is 44.5 Å². The van der Waals surface area contributed by atoms with Crippen LogP contribution in [-0.4, -0.2) is 55.2 Å². The van der Waals surface area contributed by atoms with Gasteiger partial charge in [0.2, 0.25) is 17.5 Å². The van der Waals surface area contributed by atoms with Crippen molar-refractivity contribution in [3.8, 4) is 40.1 Å². The highest BCUT2D eigenvalue weighted by molar-refractivity contribution is 5.88. The highest BCUT2D eigenvalue weighted by Crippen LogP contribution is 2.39. The minimum absolute atomic E-state index is 0.117. The molecule has 164 valence electrons. The lowest BCUT2D eigenvalue weighted by Gasteiger charge is -2.35. The molecule has 4 unspecified atom stereocenters. The SMILES string of the molecule is CC1CC(O)C(O)C(Oc2c(-c3ccc(O)c(O)c3)oc3cc(O)cc(O)c3c2=O)O1. The van der Waals surface area contributed by atoms with Crippen LogP contribution in [0.4, 0.5) is 0 Å². The van der Waals surface area contributed by atoms with Crippen LogP contribution < -0.4 is 10.2 Å². The zero-order valence-electron chi connectivity index (χ0n) is 16.2. The van der Waals surface area contributed by atoms with Crippen LogP contribution in [0.15, 0.2) is 39.5 Å². The first-order valence-electron chi connectivity index (χ1n) is 9.39.